The van der Waals surface area contributed by atoms with Gasteiger partial charge in [0.15, 0.2) is 12.4 Å². The Morgan fingerprint density at radius 2 is 1.13 bits per heavy atom. The summed E-state index contributed by atoms with van der Waals surface area (Å²) in [7, 11) is -4.60. The van der Waals surface area contributed by atoms with Crippen LogP contribution in [0.4, 0.5) is 0 Å². The second-order valence-corrected chi connectivity index (χ2v) is 15.8. The number of ether oxygens (including phenoxy) is 4. The largest absolute Gasteiger partial charge is 0.462 e. The van der Waals surface area contributed by atoms with E-state index in [0.29, 0.717) is 12.8 Å². The van der Waals surface area contributed by atoms with Gasteiger partial charge in [-0.3, -0.25) is 14.1 Å². The second-order valence-electron chi connectivity index (χ2n) is 14.3. The summed E-state index contributed by atoms with van der Waals surface area (Å²) >= 11 is 0. The van der Waals surface area contributed by atoms with Crippen LogP contribution in [-0.2, 0) is 38.7 Å². The van der Waals surface area contributed by atoms with Crippen molar-refractivity contribution in [2.24, 2.45) is 0 Å². The molecule has 0 aromatic carbocycles. The fourth-order valence-corrected chi connectivity index (χ4v) is 6.75. The molecule has 1 aliphatic heterocycles. The molecule has 0 saturated carbocycles. The molecule has 0 spiro atoms. The average Bonchev–Trinajstić information content (AvgIpc) is 3.12. The minimum Gasteiger partial charge on any atom is -0.462 e. The summed E-state index contributed by atoms with van der Waals surface area (Å²) in [5, 5.41) is 30.7. The molecule has 53 heavy (non-hydrogen) atoms. The maximum atomic E-state index is 12.7. The first-order valence-corrected chi connectivity index (χ1v) is 22.0. The van der Waals surface area contributed by atoms with E-state index < -0.39 is 71.2 Å². The molecular weight excluding hydrogens is 704 g/mol. The molecule has 0 aromatic heterocycles. The summed E-state index contributed by atoms with van der Waals surface area (Å²) < 4.78 is 53.8. The Morgan fingerprint density at radius 1 is 0.642 bits per heavy atom. The number of aliphatic hydroxyl groups is 3. The molecule has 4 N–H and O–H groups in total. The lowest BCUT2D eigenvalue weighted by molar-refractivity contribution is -0.297. The standard InChI is InChI=1S/C40H72O12S/c1-3-5-7-9-11-13-15-16-17-18-19-21-23-25-27-29-36(42)51-33(30-49-35(41)28-26-24-22-20-14-12-10-8-6-4-2)31-50-40-39(45)38(44)37(43)34(52-40)32-53(46,47)48/h16-17,19,21,33-34,37-40,43-45H,3-15,18,20,22-32H2,1-2H3,(H,46,47,48)/b17-16+,21-19+/t33-,34-,37-,38?,39?,40+/m1/s1. The van der Waals surface area contributed by atoms with E-state index in [-0.39, 0.29) is 19.4 Å². The van der Waals surface area contributed by atoms with Crippen LogP contribution in [0.1, 0.15) is 162 Å². The van der Waals surface area contributed by atoms with Crippen LogP contribution in [0.15, 0.2) is 24.3 Å². The van der Waals surface area contributed by atoms with Gasteiger partial charge in [0.25, 0.3) is 10.1 Å². The van der Waals surface area contributed by atoms with Crippen LogP contribution in [0, 0.1) is 0 Å². The van der Waals surface area contributed by atoms with Gasteiger partial charge in [0.05, 0.1) is 6.61 Å². The number of carbonyl (C=O) groups excluding carboxylic acids is 2. The van der Waals surface area contributed by atoms with Gasteiger partial charge in [0.1, 0.15) is 36.8 Å². The minimum atomic E-state index is -4.60. The van der Waals surface area contributed by atoms with Crippen molar-refractivity contribution >= 4 is 22.1 Å². The molecule has 1 fully saturated rings. The average molecular weight is 777 g/mol. The summed E-state index contributed by atoms with van der Waals surface area (Å²) in [5.74, 6) is -2.02. The predicted molar refractivity (Wildman–Crippen MR) is 206 cm³/mol. The summed E-state index contributed by atoms with van der Waals surface area (Å²) in [6.45, 7) is 3.69. The summed E-state index contributed by atoms with van der Waals surface area (Å²) in [4.78, 5) is 25.2. The lowest BCUT2D eigenvalue weighted by Gasteiger charge is -2.40. The van der Waals surface area contributed by atoms with Gasteiger partial charge < -0.3 is 34.3 Å². The Morgan fingerprint density at radius 3 is 1.70 bits per heavy atom. The Bertz CT molecular complexity index is 1100. The highest BCUT2D eigenvalue weighted by Crippen LogP contribution is 2.24. The summed E-state index contributed by atoms with van der Waals surface area (Å²) in [5.41, 5.74) is 0. The monoisotopic (exact) mass is 776 g/mol. The third-order valence-electron chi connectivity index (χ3n) is 9.28. The van der Waals surface area contributed by atoms with Gasteiger partial charge in [0, 0.05) is 12.8 Å². The van der Waals surface area contributed by atoms with Crippen molar-refractivity contribution in [1.82, 2.24) is 0 Å². The number of hydrogen-bond acceptors (Lipinski definition) is 11. The number of rotatable bonds is 33. The van der Waals surface area contributed by atoms with E-state index in [1.54, 1.807) is 0 Å². The smallest absolute Gasteiger partial charge is 0.306 e. The SMILES string of the molecule is CCCCCCCC/C=C/C/C=C/CCCCC(=O)O[C@H](COC(=O)CCCCCCCCCCCC)CO[C@H]1O[C@H](CS(=O)(=O)O)[C@@H](O)C(O)C1O. The highest BCUT2D eigenvalue weighted by molar-refractivity contribution is 7.85. The van der Waals surface area contributed by atoms with Gasteiger partial charge in [-0.1, -0.05) is 128 Å². The van der Waals surface area contributed by atoms with E-state index in [1.165, 1.54) is 77.0 Å². The third-order valence-corrected chi connectivity index (χ3v) is 10.0. The molecule has 13 heteroatoms. The Labute approximate surface area is 319 Å². The molecule has 1 saturated heterocycles. The maximum Gasteiger partial charge on any atom is 0.306 e. The number of carbonyl (C=O) groups is 2. The van der Waals surface area contributed by atoms with Crippen LogP contribution in [0.25, 0.3) is 0 Å². The van der Waals surface area contributed by atoms with Crippen molar-refractivity contribution in [2.45, 2.75) is 198 Å². The van der Waals surface area contributed by atoms with Crippen LogP contribution in [-0.4, -0.2) is 96.0 Å². The molecule has 0 bridgehead atoms. The molecule has 1 aliphatic rings. The first-order valence-electron chi connectivity index (χ1n) is 20.4. The van der Waals surface area contributed by atoms with Gasteiger partial charge >= 0.3 is 11.9 Å². The lowest BCUT2D eigenvalue weighted by atomic mass is 10.00. The second kappa shape index (κ2) is 31.3. The maximum absolute atomic E-state index is 12.7. The van der Waals surface area contributed by atoms with Crippen molar-refractivity contribution in [3.63, 3.8) is 0 Å². The van der Waals surface area contributed by atoms with Crippen LogP contribution >= 0.6 is 0 Å². The highest BCUT2D eigenvalue weighted by Gasteiger charge is 2.46. The molecule has 6 atom stereocenters. The highest BCUT2D eigenvalue weighted by atomic mass is 32.2. The zero-order valence-corrected chi connectivity index (χ0v) is 33.4. The zero-order valence-electron chi connectivity index (χ0n) is 32.6. The number of unbranched alkanes of at least 4 members (excludes halogenated alkanes) is 17. The van der Waals surface area contributed by atoms with E-state index in [0.717, 1.165) is 44.9 Å². The van der Waals surface area contributed by atoms with Crippen LogP contribution in [0.2, 0.25) is 0 Å². The molecule has 0 aromatic rings. The molecule has 310 valence electrons. The summed E-state index contributed by atoms with van der Waals surface area (Å²) in [6.07, 6.45) is 22.4. The Hall–Kier alpha value is -1.87. The van der Waals surface area contributed by atoms with Gasteiger partial charge in [-0.15, -0.1) is 0 Å². The van der Waals surface area contributed by atoms with E-state index in [9.17, 15) is 37.9 Å². The molecule has 1 rings (SSSR count). The zero-order chi connectivity index (χ0) is 39.2. The summed E-state index contributed by atoms with van der Waals surface area (Å²) in [6, 6.07) is 0. The van der Waals surface area contributed by atoms with Crippen molar-refractivity contribution < 1.29 is 56.8 Å². The molecule has 0 aliphatic carbocycles. The lowest BCUT2D eigenvalue weighted by Crippen LogP contribution is -2.60. The van der Waals surface area contributed by atoms with E-state index in [2.05, 4.69) is 38.2 Å². The van der Waals surface area contributed by atoms with Gasteiger partial charge in [-0.05, 0) is 44.9 Å². The minimum absolute atomic E-state index is 0.124. The van der Waals surface area contributed by atoms with Gasteiger partial charge in [-0.2, -0.15) is 8.42 Å². The molecule has 1 heterocycles. The fraction of sp³-hybridized carbons (Fsp3) is 0.850. The Kier molecular flexibility index (Phi) is 29.1. The number of hydrogen-bond donors (Lipinski definition) is 4. The molecule has 12 nitrogen and oxygen atoms in total. The molecule has 0 amide bonds. The van der Waals surface area contributed by atoms with Crippen LogP contribution in [0.3, 0.4) is 0 Å². The number of esters is 2. The topological polar surface area (TPSA) is 186 Å². The fourth-order valence-electron chi connectivity index (χ4n) is 6.06. The van der Waals surface area contributed by atoms with E-state index in [4.69, 9.17) is 18.9 Å². The van der Waals surface area contributed by atoms with Crippen molar-refractivity contribution in [3.05, 3.63) is 24.3 Å². The first kappa shape index (κ1) is 49.1. The molecular formula is C40H72O12S. The van der Waals surface area contributed by atoms with Gasteiger partial charge in [0.2, 0.25) is 0 Å². The van der Waals surface area contributed by atoms with Crippen molar-refractivity contribution in [3.8, 4) is 0 Å². The number of allylic oxidation sites excluding steroid dienone is 4. The first-order chi connectivity index (χ1) is 25.5. The normalized spacial score (nSPS) is 21.4. The molecule has 2 unspecified atom stereocenters. The number of aliphatic hydroxyl groups excluding tert-OH is 3. The van der Waals surface area contributed by atoms with Crippen LogP contribution < -0.4 is 0 Å². The van der Waals surface area contributed by atoms with Crippen LogP contribution in [0.5, 0.6) is 0 Å². The van der Waals surface area contributed by atoms with Crippen molar-refractivity contribution in [1.29, 1.82) is 0 Å². The van der Waals surface area contributed by atoms with Gasteiger partial charge in [-0.25, -0.2) is 0 Å². The quantitative estimate of drug-likeness (QED) is 0.0226. The molecule has 0 radical (unpaired) electrons. The third kappa shape index (κ3) is 26.6. The van der Waals surface area contributed by atoms with E-state index in [1.807, 2.05) is 0 Å². The van der Waals surface area contributed by atoms with Crippen molar-refractivity contribution in [2.75, 3.05) is 19.0 Å². The predicted octanol–water partition coefficient (Wildman–Crippen LogP) is 7.28. The van der Waals surface area contributed by atoms with E-state index >= 15 is 0 Å². The Balaban J connectivity index is 2.53.